The summed E-state index contributed by atoms with van der Waals surface area (Å²) < 4.78 is 0. The molecule has 0 amide bonds. The summed E-state index contributed by atoms with van der Waals surface area (Å²) in [7, 11) is 0. The van der Waals surface area contributed by atoms with Crippen LogP contribution in [0.3, 0.4) is 0 Å². The fourth-order valence-corrected chi connectivity index (χ4v) is 2.16. The Morgan fingerprint density at radius 1 is 1.00 bits per heavy atom. The monoisotopic (exact) mass is 164 g/mol. The Labute approximate surface area is 76.4 Å². The molecule has 0 heteroatoms. The molecule has 0 radical (unpaired) electrons. The van der Waals surface area contributed by atoms with Crippen molar-refractivity contribution in [3.05, 3.63) is 23.3 Å². The fourth-order valence-electron chi connectivity index (χ4n) is 2.16. The summed E-state index contributed by atoms with van der Waals surface area (Å²) in [6.45, 7) is 13.3. The summed E-state index contributed by atoms with van der Waals surface area (Å²) in [5.41, 5.74) is 4.59. The Morgan fingerprint density at radius 3 is 1.92 bits per heavy atom. The smallest absolute Gasteiger partial charge is 0.0217 e. The van der Waals surface area contributed by atoms with Crippen LogP contribution in [0.5, 0.6) is 0 Å². The Kier molecular flexibility index (Phi) is 2.76. The van der Waals surface area contributed by atoms with Crippen LogP contribution >= 0.6 is 0 Å². The molecule has 1 aliphatic rings. The van der Waals surface area contributed by atoms with E-state index in [1.165, 1.54) is 18.4 Å². The van der Waals surface area contributed by atoms with Crippen LogP contribution in [0.2, 0.25) is 0 Å². The predicted molar refractivity (Wildman–Crippen MR) is 55.1 cm³/mol. The average Bonchev–Trinajstić information content (AvgIpc) is 2.30. The predicted octanol–water partition coefficient (Wildman–Crippen LogP) is 3.95. The second-order valence-corrected chi connectivity index (χ2v) is 4.35. The van der Waals surface area contributed by atoms with Gasteiger partial charge >= 0.3 is 0 Å². The first-order valence-corrected chi connectivity index (χ1v) is 4.95. The molecule has 0 saturated heterocycles. The molecule has 0 saturated carbocycles. The van der Waals surface area contributed by atoms with E-state index in [1.807, 2.05) is 0 Å². The maximum absolute atomic E-state index is 4.13. The Balaban J connectivity index is 2.98. The van der Waals surface area contributed by atoms with Gasteiger partial charge in [-0.2, -0.15) is 0 Å². The highest BCUT2D eigenvalue weighted by Gasteiger charge is 2.21. The van der Waals surface area contributed by atoms with E-state index in [0.29, 0.717) is 11.8 Å². The highest BCUT2D eigenvalue weighted by atomic mass is 14.3. The van der Waals surface area contributed by atoms with E-state index in [2.05, 4.69) is 34.3 Å². The van der Waals surface area contributed by atoms with Crippen LogP contribution in [0.15, 0.2) is 23.3 Å². The minimum Gasteiger partial charge on any atom is -0.0955 e. The molecule has 0 heterocycles. The second kappa shape index (κ2) is 3.47. The van der Waals surface area contributed by atoms with E-state index >= 15 is 0 Å². The van der Waals surface area contributed by atoms with E-state index in [-0.39, 0.29) is 0 Å². The molecule has 68 valence electrons. The molecular weight excluding hydrogens is 144 g/mol. The van der Waals surface area contributed by atoms with E-state index in [4.69, 9.17) is 0 Å². The van der Waals surface area contributed by atoms with Crippen molar-refractivity contribution < 1.29 is 0 Å². The van der Waals surface area contributed by atoms with Crippen molar-refractivity contribution in [1.82, 2.24) is 0 Å². The van der Waals surface area contributed by atoms with Crippen molar-refractivity contribution in [2.24, 2.45) is 11.8 Å². The van der Waals surface area contributed by atoms with Crippen molar-refractivity contribution in [3.63, 3.8) is 0 Å². The van der Waals surface area contributed by atoms with Crippen molar-refractivity contribution in [1.29, 1.82) is 0 Å². The molecule has 0 aliphatic heterocycles. The van der Waals surface area contributed by atoms with Crippen LogP contribution in [-0.2, 0) is 0 Å². The molecule has 0 spiro atoms. The van der Waals surface area contributed by atoms with Crippen LogP contribution in [0, 0.1) is 11.8 Å². The van der Waals surface area contributed by atoms with Gasteiger partial charge in [0.1, 0.15) is 0 Å². The van der Waals surface area contributed by atoms with Gasteiger partial charge in [-0.15, -0.1) is 0 Å². The molecule has 1 rings (SSSR count). The Hall–Kier alpha value is -0.520. The van der Waals surface area contributed by atoms with Gasteiger partial charge in [0.25, 0.3) is 0 Å². The zero-order valence-electron chi connectivity index (χ0n) is 8.78. The van der Waals surface area contributed by atoms with Gasteiger partial charge in [0, 0.05) is 0 Å². The molecule has 0 N–H and O–H groups in total. The van der Waals surface area contributed by atoms with Gasteiger partial charge in [-0.25, -0.2) is 0 Å². The molecular formula is C12H20. The molecule has 0 aromatic heterocycles. The van der Waals surface area contributed by atoms with Crippen LogP contribution in [-0.4, -0.2) is 0 Å². The summed E-state index contributed by atoms with van der Waals surface area (Å²) in [5.74, 6) is 1.37. The van der Waals surface area contributed by atoms with Gasteiger partial charge in [0.05, 0.1) is 0 Å². The SMILES string of the molecule is C=C1CCC(C(C)C)=C1C(C)C. The van der Waals surface area contributed by atoms with Gasteiger partial charge in [-0.3, -0.25) is 0 Å². The minimum absolute atomic E-state index is 0.664. The minimum atomic E-state index is 0.664. The van der Waals surface area contributed by atoms with Gasteiger partial charge < -0.3 is 0 Å². The normalized spacial score (nSPS) is 18.7. The highest BCUT2D eigenvalue weighted by molar-refractivity contribution is 5.41. The molecule has 0 bridgehead atoms. The van der Waals surface area contributed by atoms with Crippen molar-refractivity contribution in [3.8, 4) is 0 Å². The summed E-state index contributed by atoms with van der Waals surface area (Å²) in [5, 5.41) is 0. The van der Waals surface area contributed by atoms with Crippen molar-refractivity contribution in [2.75, 3.05) is 0 Å². The van der Waals surface area contributed by atoms with Crippen LogP contribution < -0.4 is 0 Å². The number of rotatable bonds is 2. The van der Waals surface area contributed by atoms with E-state index in [0.717, 1.165) is 0 Å². The topological polar surface area (TPSA) is 0 Å². The number of hydrogen-bond acceptors (Lipinski definition) is 0. The molecule has 0 unspecified atom stereocenters. The van der Waals surface area contributed by atoms with Gasteiger partial charge in [0.2, 0.25) is 0 Å². The maximum atomic E-state index is 4.13. The lowest BCUT2D eigenvalue weighted by Gasteiger charge is -2.14. The number of allylic oxidation sites excluding steroid dienone is 3. The van der Waals surface area contributed by atoms with Gasteiger partial charge in [0.15, 0.2) is 0 Å². The average molecular weight is 164 g/mol. The van der Waals surface area contributed by atoms with E-state index in [9.17, 15) is 0 Å². The van der Waals surface area contributed by atoms with Crippen LogP contribution in [0.1, 0.15) is 40.5 Å². The summed E-state index contributed by atoms with van der Waals surface area (Å²) >= 11 is 0. The number of hydrogen-bond donors (Lipinski definition) is 0. The highest BCUT2D eigenvalue weighted by Crippen LogP contribution is 2.38. The van der Waals surface area contributed by atoms with Crippen molar-refractivity contribution in [2.45, 2.75) is 40.5 Å². The molecule has 0 atom stereocenters. The fraction of sp³-hybridized carbons (Fsp3) is 0.667. The second-order valence-electron chi connectivity index (χ2n) is 4.35. The zero-order valence-corrected chi connectivity index (χ0v) is 8.78. The lowest BCUT2D eigenvalue weighted by Crippen LogP contribution is -1.99. The van der Waals surface area contributed by atoms with Gasteiger partial charge in [-0.1, -0.05) is 45.4 Å². The first kappa shape index (κ1) is 9.57. The Bertz CT molecular complexity index is 216. The largest absolute Gasteiger partial charge is 0.0955 e. The van der Waals surface area contributed by atoms with E-state index < -0.39 is 0 Å². The molecule has 1 aliphatic carbocycles. The third-order valence-corrected chi connectivity index (χ3v) is 2.70. The third-order valence-electron chi connectivity index (χ3n) is 2.70. The molecule has 0 nitrogen and oxygen atoms in total. The van der Waals surface area contributed by atoms with Crippen LogP contribution in [0.25, 0.3) is 0 Å². The standard InChI is InChI=1S/C12H20/c1-8(2)11-7-6-10(5)12(11)9(3)4/h8-9H,5-7H2,1-4H3. The quantitative estimate of drug-likeness (QED) is 0.580. The first-order valence-electron chi connectivity index (χ1n) is 4.95. The maximum Gasteiger partial charge on any atom is -0.0217 e. The first-order chi connectivity index (χ1) is 5.54. The van der Waals surface area contributed by atoms with Gasteiger partial charge in [-0.05, 0) is 30.3 Å². The third kappa shape index (κ3) is 1.63. The molecule has 0 aromatic rings. The van der Waals surface area contributed by atoms with Crippen molar-refractivity contribution >= 4 is 0 Å². The lowest BCUT2D eigenvalue weighted by molar-refractivity contribution is 0.698. The zero-order chi connectivity index (χ0) is 9.30. The summed E-state index contributed by atoms with van der Waals surface area (Å²) in [4.78, 5) is 0. The molecule has 12 heavy (non-hydrogen) atoms. The molecule has 0 fully saturated rings. The molecule has 0 aromatic carbocycles. The van der Waals surface area contributed by atoms with Crippen LogP contribution in [0.4, 0.5) is 0 Å². The lowest BCUT2D eigenvalue weighted by atomic mass is 9.92. The summed E-state index contributed by atoms with van der Waals surface area (Å²) in [6.07, 6.45) is 2.45. The van der Waals surface area contributed by atoms with E-state index in [1.54, 1.807) is 11.1 Å². The Morgan fingerprint density at radius 2 is 1.58 bits per heavy atom. The summed E-state index contributed by atoms with van der Waals surface area (Å²) in [6, 6.07) is 0.